The van der Waals surface area contributed by atoms with Crippen LogP contribution in [0.1, 0.15) is 129 Å². The lowest BCUT2D eigenvalue weighted by Gasteiger charge is -2.61. The van der Waals surface area contributed by atoms with E-state index in [0.29, 0.717) is 17.3 Å². The van der Waals surface area contributed by atoms with Gasteiger partial charge in [0, 0.05) is 12.5 Å². The van der Waals surface area contributed by atoms with Gasteiger partial charge in [0.05, 0.1) is 0 Å². The summed E-state index contributed by atoms with van der Waals surface area (Å²) in [5.74, 6) is 4.02. The molecule has 0 amide bonds. The van der Waals surface area contributed by atoms with Gasteiger partial charge < -0.3 is 26.8 Å². The zero-order valence-electron chi connectivity index (χ0n) is 26.9. The van der Waals surface area contributed by atoms with E-state index >= 15 is 0 Å². The molecular formula is C35H66N4O2. The smallest absolute Gasteiger partial charge is 0.303 e. The molecule has 238 valence electrons. The first-order valence-corrected chi connectivity index (χ1v) is 17.9. The van der Waals surface area contributed by atoms with Crippen molar-refractivity contribution in [3.63, 3.8) is 0 Å². The first-order valence-electron chi connectivity index (χ1n) is 17.9. The molecule has 0 spiro atoms. The highest BCUT2D eigenvalue weighted by Gasteiger charge is 2.59. The minimum Gasteiger partial charge on any atom is -0.481 e. The number of hydrogen-bond donors (Lipinski definition) is 5. The average Bonchev–Trinajstić information content (AvgIpc) is 3.29. The molecule has 6 nitrogen and oxygen atoms in total. The number of carboxylic acids is 1. The maximum Gasteiger partial charge on any atom is 0.303 e. The fourth-order valence-electron chi connectivity index (χ4n) is 10.4. The third-order valence-corrected chi connectivity index (χ3v) is 12.8. The number of aliphatic carboxylic acids is 1. The van der Waals surface area contributed by atoms with Gasteiger partial charge in [0.1, 0.15) is 0 Å². The molecule has 4 saturated carbocycles. The van der Waals surface area contributed by atoms with Crippen molar-refractivity contribution >= 4 is 5.97 Å². The number of carbonyl (C=O) groups is 1. The molecule has 0 bridgehead atoms. The summed E-state index contributed by atoms with van der Waals surface area (Å²) < 4.78 is 0. The van der Waals surface area contributed by atoms with Crippen LogP contribution in [-0.4, -0.2) is 56.4 Å². The summed E-state index contributed by atoms with van der Waals surface area (Å²) in [4.78, 5) is 10.9. The van der Waals surface area contributed by atoms with Gasteiger partial charge in [0.2, 0.25) is 0 Å². The Kier molecular flexibility index (Phi) is 13.3. The molecule has 0 heterocycles. The van der Waals surface area contributed by atoms with E-state index in [0.717, 1.165) is 94.2 Å². The fraction of sp³-hybridized carbons (Fsp3) is 0.971. The predicted octanol–water partition coefficient (Wildman–Crippen LogP) is 6.34. The number of rotatable bonds is 19. The third kappa shape index (κ3) is 8.70. The normalized spacial score (nSPS) is 36.5. The molecule has 8 unspecified atom stereocenters. The van der Waals surface area contributed by atoms with Crippen LogP contribution in [0.2, 0.25) is 0 Å². The van der Waals surface area contributed by atoms with Crippen LogP contribution in [0.4, 0.5) is 0 Å². The molecule has 0 saturated heterocycles. The molecule has 0 aromatic heterocycles. The topological polar surface area (TPSA) is 99.4 Å². The van der Waals surface area contributed by atoms with Crippen LogP contribution in [0.25, 0.3) is 0 Å². The maximum absolute atomic E-state index is 10.9. The van der Waals surface area contributed by atoms with Crippen LogP contribution in [-0.2, 0) is 4.79 Å². The van der Waals surface area contributed by atoms with Crippen molar-refractivity contribution in [1.82, 2.24) is 16.0 Å². The van der Waals surface area contributed by atoms with E-state index in [1.807, 2.05) is 0 Å². The standard InChI is InChI=1S/C35H66N4O2/c1-34-19-17-32-30(31(34)15-13-27(34)10-4-3-5-11-33(40)41)14-12-28-26-29(16-18-35(28,32)2)39-25-9-24-38-22-7-6-21-37-23-8-20-36/h27-32,37-39H,3-26,36H2,1-2H3,(H,40,41). The Morgan fingerprint density at radius 3 is 2.22 bits per heavy atom. The Bertz CT molecular complexity index is 779. The molecule has 0 radical (unpaired) electrons. The zero-order chi connectivity index (χ0) is 29.1. The van der Waals surface area contributed by atoms with E-state index < -0.39 is 5.97 Å². The van der Waals surface area contributed by atoms with Crippen molar-refractivity contribution < 1.29 is 9.90 Å². The van der Waals surface area contributed by atoms with Crippen LogP contribution in [0.5, 0.6) is 0 Å². The number of nitrogens with one attached hydrogen (secondary N) is 3. The molecule has 4 rings (SSSR count). The van der Waals surface area contributed by atoms with Gasteiger partial charge in [-0.2, -0.15) is 0 Å². The Hall–Kier alpha value is -0.690. The van der Waals surface area contributed by atoms with Gasteiger partial charge in [-0.1, -0.05) is 26.7 Å². The Morgan fingerprint density at radius 1 is 0.756 bits per heavy atom. The molecular weight excluding hydrogens is 508 g/mol. The van der Waals surface area contributed by atoms with E-state index in [1.54, 1.807) is 0 Å². The van der Waals surface area contributed by atoms with Gasteiger partial charge in [0.25, 0.3) is 0 Å². The van der Waals surface area contributed by atoms with Crippen molar-refractivity contribution in [1.29, 1.82) is 0 Å². The van der Waals surface area contributed by atoms with Crippen LogP contribution < -0.4 is 21.7 Å². The molecule has 8 atom stereocenters. The number of nitrogens with two attached hydrogens (primary N) is 1. The van der Waals surface area contributed by atoms with Crippen LogP contribution >= 0.6 is 0 Å². The predicted molar refractivity (Wildman–Crippen MR) is 171 cm³/mol. The first kappa shape index (κ1) is 33.2. The molecule has 4 aliphatic rings. The summed E-state index contributed by atoms with van der Waals surface area (Å²) in [5, 5.41) is 20.0. The number of hydrogen-bond acceptors (Lipinski definition) is 5. The number of unbranched alkanes of at least 4 members (excludes halogenated alkanes) is 3. The van der Waals surface area contributed by atoms with Crippen molar-refractivity contribution in [2.45, 2.75) is 135 Å². The lowest BCUT2D eigenvalue weighted by atomic mass is 9.44. The Labute approximate surface area is 252 Å². The number of fused-ring (bicyclic) bond motifs is 5. The molecule has 0 aliphatic heterocycles. The van der Waals surface area contributed by atoms with Crippen molar-refractivity contribution in [2.75, 3.05) is 39.3 Å². The number of carboxylic acid groups (broad SMARTS) is 1. The molecule has 4 fully saturated rings. The van der Waals surface area contributed by atoms with Crippen LogP contribution in [0.15, 0.2) is 0 Å². The molecule has 0 aromatic carbocycles. The highest BCUT2D eigenvalue weighted by Crippen LogP contribution is 2.67. The lowest BCUT2D eigenvalue weighted by molar-refractivity contribution is -0.137. The van der Waals surface area contributed by atoms with Crippen molar-refractivity contribution in [3.05, 3.63) is 0 Å². The summed E-state index contributed by atoms with van der Waals surface area (Å²) in [7, 11) is 0. The SMILES string of the molecule is CC12CCC3C(CCC4CC(NCCCNCCCCNCCCN)CCC43C)C1CCC2CCCCCC(=O)O. The van der Waals surface area contributed by atoms with Crippen LogP contribution in [0.3, 0.4) is 0 Å². The zero-order valence-corrected chi connectivity index (χ0v) is 26.9. The molecule has 6 N–H and O–H groups in total. The summed E-state index contributed by atoms with van der Waals surface area (Å²) >= 11 is 0. The second kappa shape index (κ2) is 16.4. The van der Waals surface area contributed by atoms with Crippen molar-refractivity contribution in [3.8, 4) is 0 Å². The van der Waals surface area contributed by atoms with Gasteiger partial charge in [-0.3, -0.25) is 4.79 Å². The second-order valence-electron chi connectivity index (χ2n) is 15.1. The molecule has 6 heteroatoms. The molecule has 4 aliphatic carbocycles. The van der Waals surface area contributed by atoms with E-state index in [1.165, 1.54) is 89.9 Å². The minimum atomic E-state index is -0.637. The summed E-state index contributed by atoms with van der Waals surface area (Å²) in [6.45, 7) is 11.8. The van der Waals surface area contributed by atoms with E-state index in [9.17, 15) is 4.79 Å². The average molecular weight is 575 g/mol. The minimum absolute atomic E-state index is 0.344. The summed E-state index contributed by atoms with van der Waals surface area (Å²) in [5.41, 5.74) is 6.65. The van der Waals surface area contributed by atoms with E-state index in [4.69, 9.17) is 10.8 Å². The molecule has 41 heavy (non-hydrogen) atoms. The monoisotopic (exact) mass is 575 g/mol. The maximum atomic E-state index is 10.9. The van der Waals surface area contributed by atoms with E-state index in [2.05, 4.69) is 29.8 Å². The Morgan fingerprint density at radius 2 is 1.46 bits per heavy atom. The lowest BCUT2D eigenvalue weighted by Crippen LogP contribution is -2.55. The first-order chi connectivity index (χ1) is 19.9. The molecule has 0 aromatic rings. The van der Waals surface area contributed by atoms with Crippen LogP contribution in [0, 0.1) is 40.4 Å². The fourth-order valence-corrected chi connectivity index (χ4v) is 10.4. The quantitative estimate of drug-likeness (QED) is 0.116. The van der Waals surface area contributed by atoms with Gasteiger partial charge in [-0.15, -0.1) is 0 Å². The largest absolute Gasteiger partial charge is 0.481 e. The van der Waals surface area contributed by atoms with Gasteiger partial charge in [-0.05, 0) is 176 Å². The van der Waals surface area contributed by atoms with Crippen molar-refractivity contribution in [2.24, 2.45) is 46.2 Å². The van der Waals surface area contributed by atoms with Gasteiger partial charge in [-0.25, -0.2) is 0 Å². The van der Waals surface area contributed by atoms with Gasteiger partial charge >= 0.3 is 5.97 Å². The Balaban J connectivity index is 1.13. The summed E-state index contributed by atoms with van der Waals surface area (Å²) in [6, 6.07) is 0.732. The third-order valence-electron chi connectivity index (χ3n) is 12.8. The summed E-state index contributed by atoms with van der Waals surface area (Å²) in [6.07, 6.45) is 22.6. The van der Waals surface area contributed by atoms with Gasteiger partial charge in [0.15, 0.2) is 0 Å². The van der Waals surface area contributed by atoms with E-state index in [-0.39, 0.29) is 0 Å². The second-order valence-corrected chi connectivity index (χ2v) is 15.1. The highest BCUT2D eigenvalue weighted by molar-refractivity contribution is 5.66. The highest BCUT2D eigenvalue weighted by atomic mass is 16.4.